The van der Waals surface area contributed by atoms with Gasteiger partial charge >= 0.3 is 0 Å². The van der Waals surface area contributed by atoms with E-state index in [0.29, 0.717) is 15.6 Å². The first kappa shape index (κ1) is 28.0. The van der Waals surface area contributed by atoms with Crippen molar-refractivity contribution in [2.24, 2.45) is 0 Å². The quantitative estimate of drug-likeness (QED) is 0.473. The van der Waals surface area contributed by atoms with Crippen molar-refractivity contribution in [1.82, 2.24) is 14.5 Å². The number of hydrogen-bond acceptors (Lipinski definition) is 5. The first-order valence-corrected chi connectivity index (χ1v) is 13.9. The van der Waals surface area contributed by atoms with Crippen LogP contribution in [-0.4, -0.2) is 54.0 Å². The zero-order valence-electron chi connectivity index (χ0n) is 20.3. The smallest absolute Gasteiger partial charge is 0.269 e. The lowest BCUT2D eigenvalue weighted by Crippen LogP contribution is -2.49. The molecule has 0 spiro atoms. The number of hydrogen-bond donors (Lipinski definition) is 1. The molecular formula is C25H29Cl2N3O5S. The third-order valence-corrected chi connectivity index (χ3v) is 8.77. The minimum absolute atomic E-state index is 0.00117. The van der Waals surface area contributed by atoms with Crippen molar-refractivity contribution in [2.45, 2.75) is 63.6 Å². The second-order valence-corrected chi connectivity index (χ2v) is 11.3. The van der Waals surface area contributed by atoms with Crippen LogP contribution >= 0.6 is 23.2 Å². The van der Waals surface area contributed by atoms with Gasteiger partial charge in [-0.05, 0) is 51.0 Å². The lowest BCUT2D eigenvalue weighted by atomic mass is 10.1. The molecule has 1 heterocycles. The molecule has 1 aliphatic heterocycles. The first-order chi connectivity index (χ1) is 17.0. The van der Waals surface area contributed by atoms with Gasteiger partial charge in [0.15, 0.2) is 0 Å². The molecule has 2 aromatic rings. The highest BCUT2D eigenvalue weighted by Gasteiger charge is 2.40. The number of sulfonamides is 1. The first-order valence-electron chi connectivity index (χ1n) is 11.7. The van der Waals surface area contributed by atoms with E-state index in [2.05, 4.69) is 5.32 Å². The van der Waals surface area contributed by atoms with Gasteiger partial charge in [-0.25, -0.2) is 12.7 Å². The molecule has 0 saturated carbocycles. The Kier molecular flexibility index (Phi) is 9.03. The van der Waals surface area contributed by atoms with E-state index in [1.165, 1.54) is 17.0 Å². The van der Waals surface area contributed by atoms with Crippen LogP contribution in [-0.2, 0) is 26.2 Å². The van der Waals surface area contributed by atoms with E-state index in [0.717, 1.165) is 10.7 Å². The molecule has 3 rings (SSSR count). The van der Waals surface area contributed by atoms with Gasteiger partial charge in [-0.15, -0.1) is 0 Å². The maximum atomic E-state index is 13.3. The average Bonchev–Trinajstić information content (AvgIpc) is 3.03. The Labute approximate surface area is 221 Å². The molecule has 2 aromatic carbocycles. The zero-order valence-corrected chi connectivity index (χ0v) is 22.7. The number of fused-ring (bicyclic) bond motifs is 1. The predicted molar refractivity (Wildman–Crippen MR) is 138 cm³/mol. The maximum absolute atomic E-state index is 13.3. The van der Waals surface area contributed by atoms with Gasteiger partial charge in [-0.1, -0.05) is 48.3 Å². The highest BCUT2D eigenvalue weighted by Crippen LogP contribution is 2.30. The fraction of sp³-hybridized carbons (Fsp3) is 0.400. The summed E-state index contributed by atoms with van der Waals surface area (Å²) in [4.78, 5) is 40.1. The van der Waals surface area contributed by atoms with Crippen molar-refractivity contribution in [2.75, 3.05) is 6.54 Å². The molecule has 11 heteroatoms. The summed E-state index contributed by atoms with van der Waals surface area (Å²) in [6.45, 7) is 5.27. The molecule has 3 amide bonds. The van der Waals surface area contributed by atoms with Crippen LogP contribution in [0.5, 0.6) is 0 Å². The number of halogens is 2. The SMILES string of the molecule is CC[C@@H](C)NC(=O)[C@@H](C)N(Cc1c(Cl)cccc1Cl)C(=O)CCCN1C(=O)c2ccccc2S1(=O)=O. The fourth-order valence-corrected chi connectivity index (χ4v) is 6.00. The van der Waals surface area contributed by atoms with Crippen LogP contribution in [0.4, 0.5) is 0 Å². The molecule has 0 saturated heterocycles. The summed E-state index contributed by atoms with van der Waals surface area (Å²) in [6.07, 6.45) is 0.729. The van der Waals surface area contributed by atoms with Crippen molar-refractivity contribution in [3.05, 3.63) is 63.6 Å². The minimum atomic E-state index is -3.96. The van der Waals surface area contributed by atoms with Crippen molar-refractivity contribution in [1.29, 1.82) is 0 Å². The Bertz CT molecular complexity index is 1250. The van der Waals surface area contributed by atoms with Crippen LogP contribution < -0.4 is 5.32 Å². The van der Waals surface area contributed by atoms with E-state index in [1.54, 1.807) is 37.3 Å². The van der Waals surface area contributed by atoms with E-state index in [1.807, 2.05) is 13.8 Å². The van der Waals surface area contributed by atoms with Crippen molar-refractivity contribution in [3.8, 4) is 0 Å². The highest BCUT2D eigenvalue weighted by atomic mass is 35.5. The van der Waals surface area contributed by atoms with Crippen molar-refractivity contribution < 1.29 is 22.8 Å². The van der Waals surface area contributed by atoms with Gasteiger partial charge in [0.1, 0.15) is 10.9 Å². The van der Waals surface area contributed by atoms with Crippen molar-refractivity contribution in [3.63, 3.8) is 0 Å². The molecule has 0 radical (unpaired) electrons. The van der Waals surface area contributed by atoms with E-state index < -0.39 is 22.0 Å². The monoisotopic (exact) mass is 553 g/mol. The molecule has 194 valence electrons. The third kappa shape index (κ3) is 5.85. The van der Waals surface area contributed by atoms with Gasteiger partial charge in [0, 0.05) is 41.2 Å². The molecule has 2 atom stereocenters. The van der Waals surface area contributed by atoms with E-state index in [-0.39, 0.29) is 54.2 Å². The normalized spacial score (nSPS) is 15.8. The largest absolute Gasteiger partial charge is 0.352 e. The van der Waals surface area contributed by atoms with Crippen LogP contribution in [0.2, 0.25) is 10.0 Å². The number of carbonyl (C=O) groups excluding carboxylic acids is 3. The number of nitrogens with one attached hydrogen (secondary N) is 1. The van der Waals surface area contributed by atoms with E-state index >= 15 is 0 Å². The van der Waals surface area contributed by atoms with Crippen LogP contribution in [0.1, 0.15) is 56.0 Å². The molecule has 8 nitrogen and oxygen atoms in total. The summed E-state index contributed by atoms with van der Waals surface area (Å²) in [5.74, 6) is -1.33. The Morgan fingerprint density at radius 3 is 2.31 bits per heavy atom. The van der Waals surface area contributed by atoms with Crippen molar-refractivity contribution >= 4 is 50.9 Å². The number of rotatable bonds is 10. The van der Waals surface area contributed by atoms with E-state index in [4.69, 9.17) is 23.2 Å². The summed E-state index contributed by atoms with van der Waals surface area (Å²) in [5.41, 5.74) is 0.624. The summed E-state index contributed by atoms with van der Waals surface area (Å²) in [5, 5.41) is 3.60. The van der Waals surface area contributed by atoms with Crippen LogP contribution in [0.15, 0.2) is 47.4 Å². The van der Waals surface area contributed by atoms with E-state index in [9.17, 15) is 22.8 Å². The fourth-order valence-electron chi connectivity index (χ4n) is 3.87. The topological polar surface area (TPSA) is 104 Å². The van der Waals surface area contributed by atoms with Gasteiger partial charge in [-0.3, -0.25) is 14.4 Å². The summed E-state index contributed by atoms with van der Waals surface area (Å²) >= 11 is 12.6. The molecule has 0 bridgehead atoms. The lowest BCUT2D eigenvalue weighted by Gasteiger charge is -2.30. The molecule has 1 aliphatic rings. The summed E-state index contributed by atoms with van der Waals surface area (Å²) in [6, 6.07) is 10.1. The second kappa shape index (κ2) is 11.6. The number of nitrogens with zero attached hydrogens (tertiary/aromatic N) is 2. The second-order valence-electron chi connectivity index (χ2n) is 8.70. The summed E-state index contributed by atoms with van der Waals surface area (Å²) < 4.78 is 26.3. The molecule has 0 unspecified atom stereocenters. The highest BCUT2D eigenvalue weighted by molar-refractivity contribution is 7.90. The Morgan fingerprint density at radius 1 is 1.06 bits per heavy atom. The van der Waals surface area contributed by atoms with Gasteiger partial charge in [0.25, 0.3) is 15.9 Å². The van der Waals surface area contributed by atoms with Crippen LogP contribution in [0.25, 0.3) is 0 Å². The maximum Gasteiger partial charge on any atom is 0.269 e. The lowest BCUT2D eigenvalue weighted by molar-refractivity contribution is -0.141. The molecule has 0 aliphatic carbocycles. The van der Waals surface area contributed by atoms with Crippen LogP contribution in [0, 0.1) is 0 Å². The number of amides is 3. The van der Waals surface area contributed by atoms with Gasteiger partial charge in [0.05, 0.1) is 5.56 Å². The Balaban J connectivity index is 1.76. The van der Waals surface area contributed by atoms with Gasteiger partial charge in [0.2, 0.25) is 11.8 Å². The van der Waals surface area contributed by atoms with Crippen LogP contribution in [0.3, 0.4) is 0 Å². The molecule has 0 fully saturated rings. The Hall–Kier alpha value is -2.62. The van der Waals surface area contributed by atoms with Gasteiger partial charge < -0.3 is 10.2 Å². The zero-order chi connectivity index (χ0) is 26.6. The summed E-state index contributed by atoms with van der Waals surface area (Å²) in [7, 11) is -3.96. The molecule has 0 aromatic heterocycles. The molecule has 36 heavy (non-hydrogen) atoms. The number of benzene rings is 2. The average molecular weight is 554 g/mol. The molecule has 1 N–H and O–H groups in total. The molecular weight excluding hydrogens is 525 g/mol. The third-order valence-electron chi connectivity index (χ3n) is 6.22. The number of carbonyl (C=O) groups is 3. The minimum Gasteiger partial charge on any atom is -0.352 e. The Morgan fingerprint density at radius 2 is 1.69 bits per heavy atom. The predicted octanol–water partition coefficient (Wildman–Crippen LogP) is 4.25. The van der Waals surface area contributed by atoms with Gasteiger partial charge in [-0.2, -0.15) is 0 Å². The standard InChI is InChI=1S/C25H29Cl2N3O5S/c1-4-16(2)28-24(32)17(3)29(15-19-20(26)10-7-11-21(19)27)23(31)13-8-14-30-25(33)18-9-5-6-12-22(18)36(30,34)35/h5-7,9-12,16-17H,4,8,13-15H2,1-3H3,(H,28,32)/t16-,17-/m1/s1.